The van der Waals surface area contributed by atoms with Crippen LogP contribution in [0, 0.1) is 5.92 Å². The number of carbonyl (C=O) groups is 1. The summed E-state index contributed by atoms with van der Waals surface area (Å²) in [5.74, 6) is -0.0184. The van der Waals surface area contributed by atoms with Crippen LogP contribution in [0.25, 0.3) is 22.5 Å². The molecule has 0 fully saturated rings. The number of pyridine rings is 1. The molecular weight excluding hydrogens is 382 g/mol. The molecular formula is C23H23N3O4. The molecule has 0 radical (unpaired) electrons. The van der Waals surface area contributed by atoms with Crippen molar-refractivity contribution >= 4 is 5.97 Å². The van der Waals surface area contributed by atoms with Crippen LogP contribution >= 0.6 is 0 Å². The second-order valence-electron chi connectivity index (χ2n) is 8.36. The summed E-state index contributed by atoms with van der Waals surface area (Å²) in [5.41, 5.74) is 5.37. The van der Waals surface area contributed by atoms with Gasteiger partial charge in [0.1, 0.15) is 11.3 Å². The molecule has 0 aliphatic carbocycles. The summed E-state index contributed by atoms with van der Waals surface area (Å²) >= 11 is 0. The summed E-state index contributed by atoms with van der Waals surface area (Å²) in [6.07, 6.45) is 4.87. The van der Waals surface area contributed by atoms with Crippen LogP contribution in [0.5, 0.6) is 5.75 Å². The summed E-state index contributed by atoms with van der Waals surface area (Å²) < 4.78 is 9.83. The minimum absolute atomic E-state index is 0.0680. The number of aryl methyl sites for hydroxylation is 1. The molecule has 4 heterocycles. The highest BCUT2D eigenvalue weighted by molar-refractivity contribution is 5.88. The van der Waals surface area contributed by atoms with Gasteiger partial charge in [-0.15, -0.1) is 0 Å². The Morgan fingerprint density at radius 1 is 1.23 bits per heavy atom. The van der Waals surface area contributed by atoms with Gasteiger partial charge in [0.25, 0.3) is 0 Å². The van der Waals surface area contributed by atoms with Gasteiger partial charge >= 0.3 is 5.97 Å². The Morgan fingerprint density at radius 2 is 2.03 bits per heavy atom. The molecule has 3 aromatic rings. The molecule has 7 heteroatoms. The monoisotopic (exact) mass is 405 g/mol. The van der Waals surface area contributed by atoms with Gasteiger partial charge in [0.05, 0.1) is 18.0 Å². The van der Waals surface area contributed by atoms with Gasteiger partial charge in [-0.2, -0.15) is 5.10 Å². The molecule has 2 aliphatic heterocycles. The predicted molar refractivity (Wildman–Crippen MR) is 112 cm³/mol. The molecule has 7 nitrogen and oxygen atoms in total. The van der Waals surface area contributed by atoms with Gasteiger partial charge in [-0.05, 0) is 30.0 Å². The first-order valence-corrected chi connectivity index (χ1v) is 10.2. The third-order valence-corrected chi connectivity index (χ3v) is 6.32. The lowest BCUT2D eigenvalue weighted by Gasteiger charge is -2.34. The first kappa shape index (κ1) is 18.7. The fraction of sp³-hybridized carbons (Fsp3) is 0.348. The van der Waals surface area contributed by atoms with E-state index in [-0.39, 0.29) is 17.5 Å². The molecule has 2 aliphatic rings. The number of fused-ring (bicyclic) bond motifs is 5. The van der Waals surface area contributed by atoms with Gasteiger partial charge in [-0.3, -0.25) is 9.48 Å². The smallest absolute Gasteiger partial charge is 0.341 e. The summed E-state index contributed by atoms with van der Waals surface area (Å²) in [6.45, 7) is 4.88. The van der Waals surface area contributed by atoms with E-state index in [2.05, 4.69) is 25.0 Å². The maximum Gasteiger partial charge on any atom is 0.341 e. The number of hydrogen-bond acceptors (Lipinski definition) is 4. The van der Waals surface area contributed by atoms with E-state index in [9.17, 15) is 14.7 Å². The van der Waals surface area contributed by atoms with Crippen molar-refractivity contribution in [3.05, 3.63) is 57.5 Å². The Bertz CT molecular complexity index is 1250. The maximum atomic E-state index is 12.6. The summed E-state index contributed by atoms with van der Waals surface area (Å²) in [7, 11) is 1.89. The van der Waals surface area contributed by atoms with E-state index in [4.69, 9.17) is 4.74 Å². The van der Waals surface area contributed by atoms with E-state index in [1.54, 1.807) is 6.20 Å². The van der Waals surface area contributed by atoms with Gasteiger partial charge in [0.2, 0.25) is 0 Å². The first-order chi connectivity index (χ1) is 14.4. The fourth-order valence-corrected chi connectivity index (χ4v) is 4.80. The van der Waals surface area contributed by atoms with Crippen LogP contribution in [0.2, 0.25) is 0 Å². The normalized spacial score (nSPS) is 16.7. The predicted octanol–water partition coefficient (Wildman–Crippen LogP) is 3.30. The molecule has 0 bridgehead atoms. The van der Waals surface area contributed by atoms with Gasteiger partial charge in [0, 0.05) is 54.7 Å². The fourth-order valence-electron chi connectivity index (χ4n) is 4.80. The lowest BCUT2D eigenvalue weighted by molar-refractivity contribution is 0.0694. The molecule has 0 unspecified atom stereocenters. The number of rotatable bonds is 3. The molecule has 5 rings (SSSR count). The lowest BCUT2D eigenvalue weighted by atomic mass is 9.82. The number of hydrogen-bond donors (Lipinski definition) is 1. The highest BCUT2D eigenvalue weighted by Crippen LogP contribution is 2.47. The average Bonchev–Trinajstić information content (AvgIpc) is 3.35. The molecule has 0 spiro atoms. The molecule has 2 aromatic heterocycles. The Hall–Kier alpha value is -3.35. The Labute approximate surface area is 173 Å². The lowest BCUT2D eigenvalue weighted by Crippen LogP contribution is -2.28. The van der Waals surface area contributed by atoms with Crippen molar-refractivity contribution in [2.75, 3.05) is 6.61 Å². The first-order valence-electron chi connectivity index (χ1n) is 10.2. The van der Waals surface area contributed by atoms with Gasteiger partial charge < -0.3 is 14.4 Å². The van der Waals surface area contributed by atoms with Crippen molar-refractivity contribution < 1.29 is 14.6 Å². The molecule has 30 heavy (non-hydrogen) atoms. The van der Waals surface area contributed by atoms with Crippen LogP contribution < -0.4 is 10.2 Å². The second-order valence-corrected chi connectivity index (χ2v) is 8.36. The van der Waals surface area contributed by atoms with Crippen LogP contribution in [0.1, 0.15) is 41.4 Å². The van der Waals surface area contributed by atoms with Crippen molar-refractivity contribution in [1.82, 2.24) is 14.3 Å². The Balaban J connectivity index is 1.83. The zero-order valence-electron chi connectivity index (χ0n) is 17.2. The van der Waals surface area contributed by atoms with Crippen LogP contribution in [0.4, 0.5) is 0 Å². The minimum Gasteiger partial charge on any atom is -0.492 e. The molecule has 0 saturated carbocycles. The van der Waals surface area contributed by atoms with E-state index in [1.165, 1.54) is 23.4 Å². The van der Waals surface area contributed by atoms with Crippen LogP contribution in [0.15, 0.2) is 35.4 Å². The van der Waals surface area contributed by atoms with Gasteiger partial charge in [-0.25, -0.2) is 4.79 Å². The van der Waals surface area contributed by atoms with Crippen molar-refractivity contribution in [2.24, 2.45) is 13.0 Å². The number of ether oxygens (including phenoxy) is 1. The van der Waals surface area contributed by atoms with Crippen molar-refractivity contribution in [1.29, 1.82) is 0 Å². The summed E-state index contributed by atoms with van der Waals surface area (Å²) in [6, 6.07) is 5.56. The second kappa shape index (κ2) is 6.58. The van der Waals surface area contributed by atoms with E-state index >= 15 is 0 Å². The number of carboxylic acid groups (broad SMARTS) is 1. The number of aromatic nitrogens is 3. The highest BCUT2D eigenvalue weighted by atomic mass is 16.5. The largest absolute Gasteiger partial charge is 0.492 e. The molecule has 1 N–H and O–H groups in total. The number of aromatic carboxylic acids is 1. The molecule has 0 saturated heterocycles. The standard InChI is InChI=1S/C23H23N3O4/c1-12(2)19-9-14-13-5-7-30-22(13)16(18-4-6-24-25(18)3)8-15(14)20-10-21(27)17(23(28)29)11-26(19)20/h4,6,8,10-12,19H,5,7,9H2,1-3H3,(H,28,29)/t19-/m0/s1. The van der Waals surface area contributed by atoms with Crippen LogP contribution in [0.3, 0.4) is 0 Å². The molecule has 154 valence electrons. The highest BCUT2D eigenvalue weighted by Gasteiger charge is 2.33. The van der Waals surface area contributed by atoms with Crippen LogP contribution in [-0.4, -0.2) is 32.0 Å². The summed E-state index contributed by atoms with van der Waals surface area (Å²) in [4.78, 5) is 24.2. The van der Waals surface area contributed by atoms with Gasteiger partial charge in [-0.1, -0.05) is 13.8 Å². The average molecular weight is 405 g/mol. The third-order valence-electron chi connectivity index (χ3n) is 6.32. The number of nitrogens with zero attached hydrogens (tertiary/aromatic N) is 3. The zero-order chi connectivity index (χ0) is 21.2. The van der Waals surface area contributed by atoms with E-state index in [1.807, 2.05) is 22.4 Å². The van der Waals surface area contributed by atoms with Crippen LogP contribution in [-0.2, 0) is 19.9 Å². The van der Waals surface area contributed by atoms with Crippen molar-refractivity contribution in [3.63, 3.8) is 0 Å². The van der Waals surface area contributed by atoms with E-state index in [0.717, 1.165) is 41.1 Å². The van der Waals surface area contributed by atoms with E-state index in [0.29, 0.717) is 6.61 Å². The van der Waals surface area contributed by atoms with Crippen molar-refractivity contribution in [3.8, 4) is 28.3 Å². The molecule has 0 amide bonds. The number of benzene rings is 1. The summed E-state index contributed by atoms with van der Waals surface area (Å²) in [5, 5.41) is 13.8. The van der Waals surface area contributed by atoms with E-state index < -0.39 is 11.4 Å². The van der Waals surface area contributed by atoms with Gasteiger partial charge in [0.15, 0.2) is 5.43 Å². The van der Waals surface area contributed by atoms with Crippen molar-refractivity contribution in [2.45, 2.75) is 32.7 Å². The minimum atomic E-state index is -1.19. The Kier molecular flexibility index (Phi) is 4.10. The SMILES string of the molecule is CC(C)[C@@H]1Cc2c(cc(-c3ccnn3C)c3c2CCO3)-c2cc(=O)c(C(=O)O)cn21. The zero-order valence-corrected chi connectivity index (χ0v) is 17.2. The molecule has 1 aromatic carbocycles. The molecule has 1 atom stereocenters. The maximum absolute atomic E-state index is 12.6. The topological polar surface area (TPSA) is 86.3 Å². The quantitative estimate of drug-likeness (QED) is 0.723. The Morgan fingerprint density at radius 3 is 2.70 bits per heavy atom. The number of carboxylic acids is 1. The third kappa shape index (κ3) is 2.61.